The van der Waals surface area contributed by atoms with Crippen molar-refractivity contribution in [3.05, 3.63) is 71.9 Å². The number of aromatic amines is 1. The van der Waals surface area contributed by atoms with E-state index in [4.69, 9.17) is 5.73 Å². The highest BCUT2D eigenvalue weighted by Gasteiger charge is 2.08. The molecule has 0 aliphatic rings. The number of amides is 1. The number of nitrogens with two attached hydrogens (primary N) is 1. The Balaban J connectivity index is 1.54. The fourth-order valence-corrected chi connectivity index (χ4v) is 3.09. The Morgan fingerprint density at radius 1 is 1.11 bits per heavy atom. The number of H-pyrrole nitrogens is 1. The molecule has 0 atom stereocenters. The highest BCUT2D eigenvalue weighted by molar-refractivity contribution is 5.94. The number of benzene rings is 2. The van der Waals surface area contributed by atoms with E-state index in [1.807, 2.05) is 61.5 Å². The van der Waals surface area contributed by atoms with E-state index in [1.165, 1.54) is 0 Å². The van der Waals surface area contributed by atoms with Gasteiger partial charge in [0.15, 0.2) is 5.82 Å². The zero-order valence-electron chi connectivity index (χ0n) is 14.9. The van der Waals surface area contributed by atoms with E-state index in [-0.39, 0.29) is 5.91 Å². The summed E-state index contributed by atoms with van der Waals surface area (Å²) in [5, 5.41) is 10.6. The number of carbonyl (C=O) groups is 1. The van der Waals surface area contributed by atoms with Crippen molar-refractivity contribution in [3.63, 3.8) is 0 Å². The molecule has 0 radical (unpaired) electrons. The lowest BCUT2D eigenvalue weighted by atomic mass is 10.0. The second-order valence-electron chi connectivity index (χ2n) is 6.51. The monoisotopic (exact) mass is 357 g/mol. The minimum absolute atomic E-state index is 0.0974. The van der Waals surface area contributed by atoms with Crippen LogP contribution >= 0.6 is 0 Å². The van der Waals surface area contributed by atoms with E-state index < -0.39 is 0 Å². The van der Waals surface area contributed by atoms with Crippen molar-refractivity contribution in [1.29, 1.82) is 0 Å². The van der Waals surface area contributed by atoms with Crippen LogP contribution in [0.1, 0.15) is 11.1 Å². The van der Waals surface area contributed by atoms with Crippen LogP contribution in [0, 0.1) is 6.92 Å². The third-order valence-corrected chi connectivity index (χ3v) is 4.40. The zero-order chi connectivity index (χ0) is 18.8. The van der Waals surface area contributed by atoms with Gasteiger partial charge in [0.05, 0.1) is 11.9 Å². The number of fused-ring (bicyclic) bond motifs is 1. The standard InChI is InChI=1S/C21H19N5O/c1-13-3-2-4-14(9-13)10-20(27)24-19-12-16(7-8-23-19)15-5-6-18-17(11-15)21(22)26-25-18/h2-9,11-12H,10H2,1H3,(H3,22,25,26)(H,23,24,27). The molecule has 2 heterocycles. The summed E-state index contributed by atoms with van der Waals surface area (Å²) < 4.78 is 0. The first-order valence-corrected chi connectivity index (χ1v) is 8.64. The summed E-state index contributed by atoms with van der Waals surface area (Å²) in [6.07, 6.45) is 1.99. The summed E-state index contributed by atoms with van der Waals surface area (Å²) >= 11 is 0. The van der Waals surface area contributed by atoms with E-state index in [9.17, 15) is 4.79 Å². The molecule has 0 aliphatic heterocycles. The van der Waals surface area contributed by atoms with Crippen molar-refractivity contribution in [3.8, 4) is 11.1 Å². The lowest BCUT2D eigenvalue weighted by Crippen LogP contribution is -2.15. The molecule has 0 fully saturated rings. The maximum atomic E-state index is 12.3. The number of carbonyl (C=O) groups excluding carboxylic acids is 1. The predicted molar refractivity (Wildman–Crippen MR) is 107 cm³/mol. The number of aromatic nitrogens is 3. The van der Waals surface area contributed by atoms with Crippen LogP contribution in [-0.2, 0) is 11.2 Å². The first-order valence-electron chi connectivity index (χ1n) is 8.64. The Labute approximate surface area is 156 Å². The summed E-state index contributed by atoms with van der Waals surface area (Å²) in [5.41, 5.74) is 10.8. The van der Waals surface area contributed by atoms with Crippen LogP contribution in [0.15, 0.2) is 60.8 Å². The van der Waals surface area contributed by atoms with Crippen LogP contribution in [0.5, 0.6) is 0 Å². The molecule has 27 heavy (non-hydrogen) atoms. The van der Waals surface area contributed by atoms with Crippen molar-refractivity contribution in [1.82, 2.24) is 15.2 Å². The van der Waals surface area contributed by atoms with Gasteiger partial charge in [-0.1, -0.05) is 35.9 Å². The van der Waals surface area contributed by atoms with Gasteiger partial charge in [-0.2, -0.15) is 5.10 Å². The highest BCUT2D eigenvalue weighted by Crippen LogP contribution is 2.27. The van der Waals surface area contributed by atoms with E-state index in [0.717, 1.165) is 33.2 Å². The molecule has 2 aromatic heterocycles. The lowest BCUT2D eigenvalue weighted by molar-refractivity contribution is -0.115. The summed E-state index contributed by atoms with van der Waals surface area (Å²) in [6.45, 7) is 2.01. The molecule has 0 spiro atoms. The summed E-state index contributed by atoms with van der Waals surface area (Å²) in [7, 11) is 0. The van der Waals surface area contributed by atoms with Gasteiger partial charge >= 0.3 is 0 Å². The molecule has 1 amide bonds. The number of nitrogens with one attached hydrogen (secondary N) is 2. The molecule has 4 rings (SSSR count). The SMILES string of the molecule is Cc1cccc(CC(=O)Nc2cc(-c3ccc4[nH]nc(N)c4c3)ccn2)c1. The van der Waals surface area contributed by atoms with Crippen LogP contribution < -0.4 is 11.1 Å². The molecule has 4 aromatic rings. The molecule has 134 valence electrons. The van der Waals surface area contributed by atoms with Crippen LogP contribution in [0.3, 0.4) is 0 Å². The van der Waals surface area contributed by atoms with Gasteiger partial charge in [-0.25, -0.2) is 4.98 Å². The van der Waals surface area contributed by atoms with Gasteiger partial charge in [-0.3, -0.25) is 9.89 Å². The number of hydrogen-bond donors (Lipinski definition) is 3. The Morgan fingerprint density at radius 3 is 2.81 bits per heavy atom. The fourth-order valence-electron chi connectivity index (χ4n) is 3.09. The number of nitrogen functional groups attached to an aromatic ring is 1. The molecule has 4 N–H and O–H groups in total. The minimum atomic E-state index is -0.0974. The van der Waals surface area contributed by atoms with Crippen LogP contribution in [-0.4, -0.2) is 21.1 Å². The molecule has 6 nitrogen and oxygen atoms in total. The van der Waals surface area contributed by atoms with E-state index in [2.05, 4.69) is 20.5 Å². The average Bonchev–Trinajstić information content (AvgIpc) is 3.02. The maximum Gasteiger partial charge on any atom is 0.229 e. The van der Waals surface area contributed by atoms with Crippen molar-refractivity contribution >= 4 is 28.4 Å². The molecule has 0 unspecified atom stereocenters. The quantitative estimate of drug-likeness (QED) is 0.519. The highest BCUT2D eigenvalue weighted by atomic mass is 16.1. The molecular formula is C21H19N5O. The summed E-state index contributed by atoms with van der Waals surface area (Å²) in [6, 6.07) is 17.6. The van der Waals surface area contributed by atoms with Crippen molar-refractivity contribution in [2.45, 2.75) is 13.3 Å². The van der Waals surface area contributed by atoms with Gasteiger partial charge in [0.25, 0.3) is 0 Å². The number of rotatable bonds is 4. The van der Waals surface area contributed by atoms with E-state index in [1.54, 1.807) is 6.20 Å². The summed E-state index contributed by atoms with van der Waals surface area (Å²) in [4.78, 5) is 16.6. The van der Waals surface area contributed by atoms with Crippen LogP contribution in [0.2, 0.25) is 0 Å². The average molecular weight is 357 g/mol. The molecule has 0 saturated carbocycles. The number of aryl methyl sites for hydroxylation is 1. The second-order valence-corrected chi connectivity index (χ2v) is 6.51. The Kier molecular flexibility index (Phi) is 4.30. The first kappa shape index (κ1) is 16.8. The smallest absolute Gasteiger partial charge is 0.229 e. The second kappa shape index (κ2) is 6.92. The number of anilines is 2. The van der Waals surface area contributed by atoms with Crippen LogP contribution in [0.4, 0.5) is 11.6 Å². The van der Waals surface area contributed by atoms with Crippen LogP contribution in [0.25, 0.3) is 22.0 Å². The number of hydrogen-bond acceptors (Lipinski definition) is 4. The summed E-state index contributed by atoms with van der Waals surface area (Å²) in [5.74, 6) is 0.887. The van der Waals surface area contributed by atoms with Gasteiger partial charge < -0.3 is 11.1 Å². The lowest BCUT2D eigenvalue weighted by Gasteiger charge is -2.08. The van der Waals surface area contributed by atoms with Gasteiger partial charge in [-0.15, -0.1) is 0 Å². The van der Waals surface area contributed by atoms with Gasteiger partial charge in [0.1, 0.15) is 5.82 Å². The number of pyridine rings is 1. The zero-order valence-corrected chi connectivity index (χ0v) is 14.9. The topological polar surface area (TPSA) is 96.7 Å². The Bertz CT molecular complexity index is 1130. The molecule has 0 aliphatic carbocycles. The third kappa shape index (κ3) is 3.64. The largest absolute Gasteiger partial charge is 0.382 e. The molecule has 6 heteroatoms. The third-order valence-electron chi connectivity index (χ3n) is 4.40. The Hall–Kier alpha value is -3.67. The van der Waals surface area contributed by atoms with Gasteiger partial charge in [0.2, 0.25) is 5.91 Å². The Morgan fingerprint density at radius 2 is 1.96 bits per heavy atom. The fraction of sp³-hybridized carbons (Fsp3) is 0.0952. The molecule has 0 bridgehead atoms. The minimum Gasteiger partial charge on any atom is -0.382 e. The van der Waals surface area contributed by atoms with Crippen molar-refractivity contribution in [2.24, 2.45) is 0 Å². The first-order chi connectivity index (χ1) is 13.1. The number of nitrogens with zero attached hydrogens (tertiary/aromatic N) is 2. The van der Waals surface area contributed by atoms with Gasteiger partial charge in [0, 0.05) is 11.6 Å². The van der Waals surface area contributed by atoms with E-state index >= 15 is 0 Å². The normalized spacial score (nSPS) is 10.9. The maximum absolute atomic E-state index is 12.3. The molecule has 2 aromatic carbocycles. The predicted octanol–water partition coefficient (Wildman–Crippen LogP) is 3.70. The van der Waals surface area contributed by atoms with E-state index in [0.29, 0.717) is 18.1 Å². The van der Waals surface area contributed by atoms with Crippen molar-refractivity contribution < 1.29 is 4.79 Å². The van der Waals surface area contributed by atoms with Gasteiger partial charge in [-0.05, 0) is 47.9 Å². The molecular weight excluding hydrogens is 338 g/mol. The van der Waals surface area contributed by atoms with Crippen molar-refractivity contribution in [2.75, 3.05) is 11.1 Å². The molecule has 0 saturated heterocycles.